The molecule has 1 fully saturated rings. The molecule has 0 radical (unpaired) electrons. The molecule has 0 saturated heterocycles. The van der Waals surface area contributed by atoms with Crippen LogP contribution in [0.4, 0.5) is 11.4 Å². The SMILES string of the molecule is C[C@H](C(=O)NC1CCCC1)N(CCc1ccccc1)C(=O)CN(c1cccc([N+](=O)[O-])c1)S(C)(=O)=O. The summed E-state index contributed by atoms with van der Waals surface area (Å²) in [5.41, 5.74) is 0.683. The monoisotopic (exact) mass is 516 g/mol. The van der Waals surface area contributed by atoms with E-state index < -0.39 is 33.4 Å². The van der Waals surface area contributed by atoms with E-state index >= 15 is 0 Å². The molecule has 11 heteroatoms. The quantitative estimate of drug-likeness (QED) is 0.361. The second-order valence-corrected chi connectivity index (χ2v) is 10.9. The van der Waals surface area contributed by atoms with E-state index in [-0.39, 0.29) is 29.9 Å². The third-order valence-electron chi connectivity index (χ3n) is 6.36. The zero-order valence-electron chi connectivity index (χ0n) is 20.5. The van der Waals surface area contributed by atoms with Gasteiger partial charge in [-0.15, -0.1) is 0 Å². The summed E-state index contributed by atoms with van der Waals surface area (Å²) in [7, 11) is -3.96. The number of carbonyl (C=O) groups excluding carboxylic acids is 2. The Morgan fingerprint density at radius 2 is 1.78 bits per heavy atom. The number of nitro benzene ring substituents is 1. The van der Waals surface area contributed by atoms with Crippen LogP contribution in [-0.4, -0.2) is 61.5 Å². The Balaban J connectivity index is 1.85. The molecule has 0 aromatic heterocycles. The normalized spacial score (nSPS) is 14.7. The average Bonchev–Trinajstić information content (AvgIpc) is 3.35. The Labute approximate surface area is 211 Å². The Morgan fingerprint density at radius 3 is 2.39 bits per heavy atom. The van der Waals surface area contributed by atoms with Crippen LogP contribution >= 0.6 is 0 Å². The lowest BCUT2D eigenvalue weighted by Gasteiger charge is -2.32. The standard InChI is InChI=1S/C25H32N4O6S/c1-19(25(31)26-21-11-6-7-12-21)27(16-15-20-9-4-3-5-10-20)24(30)18-28(36(2,34)35)22-13-8-14-23(17-22)29(32)33/h3-5,8-10,13-14,17,19,21H,6-7,11-12,15-16,18H2,1-2H3,(H,26,31)/t19-/m1/s1. The minimum Gasteiger partial charge on any atom is -0.352 e. The molecule has 1 N–H and O–H groups in total. The average molecular weight is 517 g/mol. The van der Waals surface area contributed by atoms with Gasteiger partial charge in [0.05, 0.1) is 16.9 Å². The number of nitro groups is 1. The van der Waals surface area contributed by atoms with Crippen molar-refractivity contribution in [2.75, 3.05) is 23.7 Å². The maximum atomic E-state index is 13.5. The summed E-state index contributed by atoms with van der Waals surface area (Å²) >= 11 is 0. The molecule has 194 valence electrons. The van der Waals surface area contributed by atoms with Crippen molar-refractivity contribution >= 4 is 33.2 Å². The molecule has 0 bridgehead atoms. The Kier molecular flexibility index (Phi) is 9.03. The van der Waals surface area contributed by atoms with Crippen molar-refractivity contribution in [3.8, 4) is 0 Å². The van der Waals surface area contributed by atoms with E-state index in [0.29, 0.717) is 6.42 Å². The van der Waals surface area contributed by atoms with Crippen molar-refractivity contribution in [1.82, 2.24) is 10.2 Å². The van der Waals surface area contributed by atoms with Gasteiger partial charge in [0.1, 0.15) is 12.6 Å². The Hall–Kier alpha value is -3.47. The van der Waals surface area contributed by atoms with E-state index in [1.807, 2.05) is 30.3 Å². The third kappa shape index (κ3) is 7.27. The van der Waals surface area contributed by atoms with Gasteiger partial charge in [-0.1, -0.05) is 49.2 Å². The molecule has 1 aliphatic rings. The van der Waals surface area contributed by atoms with Crippen molar-refractivity contribution in [3.63, 3.8) is 0 Å². The number of benzene rings is 2. The first-order valence-corrected chi connectivity index (χ1v) is 13.8. The predicted octanol–water partition coefficient (Wildman–Crippen LogP) is 2.88. The van der Waals surface area contributed by atoms with Crippen molar-refractivity contribution in [2.45, 2.75) is 51.1 Å². The van der Waals surface area contributed by atoms with Gasteiger partial charge in [0.15, 0.2) is 0 Å². The first-order chi connectivity index (χ1) is 17.1. The molecule has 0 heterocycles. The van der Waals surface area contributed by atoms with E-state index in [1.54, 1.807) is 6.92 Å². The number of amides is 2. The largest absolute Gasteiger partial charge is 0.352 e. The summed E-state index contributed by atoms with van der Waals surface area (Å²) in [5.74, 6) is -0.860. The van der Waals surface area contributed by atoms with Gasteiger partial charge in [0.25, 0.3) is 5.69 Å². The highest BCUT2D eigenvalue weighted by Gasteiger charge is 2.31. The van der Waals surface area contributed by atoms with Crippen LogP contribution in [0.5, 0.6) is 0 Å². The van der Waals surface area contributed by atoms with Gasteiger partial charge < -0.3 is 10.2 Å². The van der Waals surface area contributed by atoms with Crippen molar-refractivity contribution in [2.24, 2.45) is 0 Å². The maximum absolute atomic E-state index is 13.5. The van der Waals surface area contributed by atoms with Crippen LogP contribution in [0.15, 0.2) is 54.6 Å². The van der Waals surface area contributed by atoms with Crippen molar-refractivity contribution in [1.29, 1.82) is 0 Å². The number of sulfonamides is 1. The molecule has 1 atom stereocenters. The molecule has 0 spiro atoms. The molecule has 2 amide bonds. The molecule has 0 aliphatic heterocycles. The first kappa shape index (κ1) is 27.1. The van der Waals surface area contributed by atoms with E-state index in [0.717, 1.165) is 47.9 Å². The first-order valence-electron chi connectivity index (χ1n) is 11.9. The fraction of sp³-hybridized carbons (Fsp3) is 0.440. The van der Waals surface area contributed by atoms with Crippen LogP contribution in [0, 0.1) is 10.1 Å². The van der Waals surface area contributed by atoms with Gasteiger partial charge in [-0.2, -0.15) is 0 Å². The number of hydrogen-bond donors (Lipinski definition) is 1. The summed E-state index contributed by atoms with van der Waals surface area (Å²) in [4.78, 5) is 38.5. The lowest BCUT2D eigenvalue weighted by atomic mass is 10.1. The smallest absolute Gasteiger partial charge is 0.271 e. The Morgan fingerprint density at radius 1 is 1.11 bits per heavy atom. The summed E-state index contributed by atoms with van der Waals surface area (Å²) in [6.07, 6.45) is 5.29. The van der Waals surface area contributed by atoms with Crippen LogP contribution in [0.3, 0.4) is 0 Å². The van der Waals surface area contributed by atoms with E-state index in [9.17, 15) is 28.1 Å². The van der Waals surface area contributed by atoms with Crippen LogP contribution in [0.25, 0.3) is 0 Å². The van der Waals surface area contributed by atoms with Gasteiger partial charge in [-0.05, 0) is 37.8 Å². The second-order valence-electron chi connectivity index (χ2n) is 9.04. The minimum absolute atomic E-state index is 0.00567. The summed E-state index contributed by atoms with van der Waals surface area (Å²) in [5, 5.41) is 14.2. The molecule has 1 saturated carbocycles. The van der Waals surface area contributed by atoms with Gasteiger partial charge in [-0.3, -0.25) is 24.0 Å². The molecular weight excluding hydrogens is 484 g/mol. The fourth-order valence-electron chi connectivity index (χ4n) is 4.34. The number of rotatable bonds is 11. The van der Waals surface area contributed by atoms with Crippen molar-refractivity contribution < 1.29 is 22.9 Å². The summed E-state index contributed by atoms with van der Waals surface area (Å²) in [6, 6.07) is 13.8. The lowest BCUT2D eigenvalue weighted by molar-refractivity contribution is -0.384. The zero-order chi connectivity index (χ0) is 26.3. The third-order valence-corrected chi connectivity index (χ3v) is 7.50. The summed E-state index contributed by atoms with van der Waals surface area (Å²) in [6.45, 7) is 1.25. The van der Waals surface area contributed by atoms with Crippen LogP contribution < -0.4 is 9.62 Å². The van der Waals surface area contributed by atoms with Gasteiger partial charge in [-0.25, -0.2) is 8.42 Å². The maximum Gasteiger partial charge on any atom is 0.271 e. The highest BCUT2D eigenvalue weighted by atomic mass is 32.2. The number of nitrogens with zero attached hydrogens (tertiary/aromatic N) is 3. The number of nitrogens with one attached hydrogen (secondary N) is 1. The molecule has 0 unspecified atom stereocenters. The van der Waals surface area contributed by atoms with Gasteiger partial charge in [0.2, 0.25) is 21.8 Å². The molecular formula is C25H32N4O6S. The topological polar surface area (TPSA) is 130 Å². The fourth-order valence-corrected chi connectivity index (χ4v) is 5.18. The molecule has 1 aliphatic carbocycles. The van der Waals surface area contributed by atoms with Gasteiger partial charge >= 0.3 is 0 Å². The van der Waals surface area contributed by atoms with E-state index in [4.69, 9.17) is 0 Å². The molecule has 2 aromatic carbocycles. The number of hydrogen-bond acceptors (Lipinski definition) is 6. The van der Waals surface area contributed by atoms with E-state index in [1.165, 1.54) is 23.1 Å². The van der Waals surface area contributed by atoms with E-state index in [2.05, 4.69) is 5.32 Å². The molecule has 10 nitrogen and oxygen atoms in total. The van der Waals surface area contributed by atoms with Crippen molar-refractivity contribution in [3.05, 3.63) is 70.3 Å². The molecule has 36 heavy (non-hydrogen) atoms. The highest BCUT2D eigenvalue weighted by Crippen LogP contribution is 2.24. The Bertz CT molecular complexity index is 1180. The van der Waals surface area contributed by atoms with Crippen LogP contribution in [-0.2, 0) is 26.0 Å². The predicted molar refractivity (Wildman–Crippen MR) is 137 cm³/mol. The molecule has 2 aromatic rings. The number of anilines is 1. The highest BCUT2D eigenvalue weighted by molar-refractivity contribution is 7.92. The second kappa shape index (κ2) is 12.0. The van der Waals surface area contributed by atoms with Crippen LogP contribution in [0.1, 0.15) is 38.2 Å². The number of carbonyl (C=O) groups is 2. The number of non-ortho nitro benzene ring substituents is 1. The summed E-state index contributed by atoms with van der Waals surface area (Å²) < 4.78 is 26.0. The lowest BCUT2D eigenvalue weighted by Crippen LogP contribution is -2.53. The van der Waals surface area contributed by atoms with Gasteiger partial charge in [0, 0.05) is 24.7 Å². The molecule has 3 rings (SSSR count). The van der Waals surface area contributed by atoms with Crippen LogP contribution in [0.2, 0.25) is 0 Å². The zero-order valence-corrected chi connectivity index (χ0v) is 21.3. The minimum atomic E-state index is -3.96.